The predicted octanol–water partition coefficient (Wildman–Crippen LogP) is 2.26. The fourth-order valence-electron chi connectivity index (χ4n) is 3.31. The molecule has 3 nitrogen and oxygen atoms in total. The maximum atomic E-state index is 12.1. The van der Waals surface area contributed by atoms with Crippen molar-refractivity contribution < 1.29 is 4.79 Å². The maximum absolute atomic E-state index is 12.1. The lowest BCUT2D eigenvalue weighted by Crippen LogP contribution is -2.36. The maximum Gasteiger partial charge on any atom is 0.231 e. The molecule has 0 fully saturated rings. The van der Waals surface area contributed by atoms with Gasteiger partial charge >= 0.3 is 0 Å². The Morgan fingerprint density at radius 1 is 1.24 bits per heavy atom. The van der Waals surface area contributed by atoms with Crippen molar-refractivity contribution in [3.8, 4) is 0 Å². The number of carbonyl (C=O) groups is 1. The van der Waals surface area contributed by atoms with Crippen LogP contribution in [0, 0.1) is 0 Å². The normalized spacial score (nSPS) is 22.8. The number of fused-ring (bicyclic) bond motifs is 3. The highest BCUT2D eigenvalue weighted by atomic mass is 16.2. The smallest absolute Gasteiger partial charge is 0.231 e. The number of hydrogen-bond acceptors (Lipinski definition) is 2. The van der Waals surface area contributed by atoms with Gasteiger partial charge in [-0.1, -0.05) is 18.2 Å². The molecule has 0 aliphatic carbocycles. The van der Waals surface area contributed by atoms with E-state index in [1.165, 1.54) is 16.6 Å². The molecule has 2 aromatic rings. The quantitative estimate of drug-likeness (QED) is 0.747. The van der Waals surface area contributed by atoms with Gasteiger partial charge in [0.05, 0.1) is 5.52 Å². The van der Waals surface area contributed by atoms with Crippen molar-refractivity contribution >= 4 is 16.8 Å². The molecule has 0 saturated heterocycles. The van der Waals surface area contributed by atoms with Crippen LogP contribution in [0.3, 0.4) is 0 Å². The highest BCUT2D eigenvalue weighted by Gasteiger charge is 2.33. The van der Waals surface area contributed by atoms with Crippen LogP contribution >= 0.6 is 0 Å². The van der Waals surface area contributed by atoms with Crippen molar-refractivity contribution in [3.63, 3.8) is 0 Å². The monoisotopic (exact) mass is 226 g/mol. The molecule has 3 heteroatoms. The summed E-state index contributed by atoms with van der Waals surface area (Å²) >= 11 is 0. The zero-order valence-corrected chi connectivity index (χ0v) is 9.57. The summed E-state index contributed by atoms with van der Waals surface area (Å²) in [6, 6.07) is 8.66. The van der Waals surface area contributed by atoms with Gasteiger partial charge in [0, 0.05) is 23.5 Å². The van der Waals surface area contributed by atoms with Gasteiger partial charge in [0.15, 0.2) is 0 Å². The van der Waals surface area contributed by atoms with Crippen molar-refractivity contribution in [2.75, 3.05) is 6.54 Å². The van der Waals surface area contributed by atoms with Crippen LogP contribution in [0.5, 0.6) is 0 Å². The third-order valence-corrected chi connectivity index (χ3v) is 4.01. The van der Waals surface area contributed by atoms with Crippen LogP contribution in [0.25, 0.3) is 10.9 Å². The average Bonchev–Trinajstić information content (AvgIpc) is 2.71. The summed E-state index contributed by atoms with van der Waals surface area (Å²) in [6.45, 7) is 1.03. The molecule has 2 aliphatic rings. The number of carbonyl (C=O) groups excluding carboxylic acids is 1. The Bertz CT molecular complexity index is 626. The number of aromatic nitrogens is 1. The first-order chi connectivity index (χ1) is 8.36. The van der Waals surface area contributed by atoms with Crippen LogP contribution in [0.15, 0.2) is 24.3 Å². The van der Waals surface area contributed by atoms with Crippen LogP contribution < -0.4 is 5.32 Å². The minimum Gasteiger partial charge on any atom is -0.308 e. The van der Waals surface area contributed by atoms with Crippen LogP contribution in [0.1, 0.15) is 34.9 Å². The topological polar surface area (TPSA) is 34.0 Å². The highest BCUT2D eigenvalue weighted by molar-refractivity contribution is 5.97. The summed E-state index contributed by atoms with van der Waals surface area (Å²) in [7, 11) is 0. The fourth-order valence-corrected chi connectivity index (χ4v) is 3.31. The minimum atomic E-state index is 0.252. The van der Waals surface area contributed by atoms with Crippen LogP contribution in [-0.2, 0) is 6.42 Å². The Kier molecular flexibility index (Phi) is 1.77. The summed E-state index contributed by atoms with van der Waals surface area (Å²) in [5.74, 6) is 0.252. The van der Waals surface area contributed by atoms with E-state index in [0.717, 1.165) is 24.9 Å². The zero-order chi connectivity index (χ0) is 11.4. The molecule has 0 radical (unpaired) electrons. The van der Waals surface area contributed by atoms with Gasteiger partial charge in [0.1, 0.15) is 0 Å². The predicted molar refractivity (Wildman–Crippen MR) is 66.2 cm³/mol. The van der Waals surface area contributed by atoms with E-state index in [-0.39, 0.29) is 5.91 Å². The van der Waals surface area contributed by atoms with E-state index in [2.05, 4.69) is 23.5 Å². The van der Waals surface area contributed by atoms with Crippen molar-refractivity contribution in [3.05, 3.63) is 35.5 Å². The van der Waals surface area contributed by atoms with Gasteiger partial charge in [0.25, 0.3) is 0 Å². The van der Waals surface area contributed by atoms with Crippen LogP contribution in [-0.4, -0.2) is 17.0 Å². The Morgan fingerprint density at radius 2 is 2.12 bits per heavy atom. The first kappa shape index (κ1) is 9.42. The molecular weight excluding hydrogens is 212 g/mol. The number of hydrogen-bond donors (Lipinski definition) is 1. The molecule has 0 bridgehead atoms. The van der Waals surface area contributed by atoms with Gasteiger partial charge in [-0.2, -0.15) is 0 Å². The molecule has 86 valence electrons. The second kappa shape index (κ2) is 3.20. The van der Waals surface area contributed by atoms with Gasteiger partial charge in [-0.25, -0.2) is 0 Å². The van der Waals surface area contributed by atoms with Gasteiger partial charge in [0.2, 0.25) is 5.91 Å². The van der Waals surface area contributed by atoms with E-state index in [4.69, 9.17) is 0 Å². The number of benzene rings is 1. The van der Waals surface area contributed by atoms with Crippen molar-refractivity contribution in [2.24, 2.45) is 0 Å². The molecule has 0 spiro atoms. The standard InChI is InChI=1S/C14H14N2O/c17-13-6-5-11-14-10(7-8-15-11)9-3-1-2-4-12(9)16(13)14/h1-4,11,15H,5-8H2. The van der Waals surface area contributed by atoms with Crippen LogP contribution in [0.2, 0.25) is 0 Å². The number of nitrogens with one attached hydrogen (secondary N) is 1. The van der Waals surface area contributed by atoms with Crippen LogP contribution in [0.4, 0.5) is 0 Å². The molecule has 0 saturated carbocycles. The van der Waals surface area contributed by atoms with Gasteiger partial charge in [-0.05, 0) is 31.0 Å². The Labute approximate surface area is 99.4 Å². The molecule has 3 heterocycles. The molecule has 0 amide bonds. The third kappa shape index (κ3) is 1.12. The fraction of sp³-hybridized carbons (Fsp3) is 0.357. The van der Waals surface area contributed by atoms with E-state index in [1.807, 2.05) is 10.6 Å². The molecule has 17 heavy (non-hydrogen) atoms. The second-order valence-electron chi connectivity index (χ2n) is 4.91. The Hall–Kier alpha value is -1.61. The lowest BCUT2D eigenvalue weighted by Gasteiger charge is -2.29. The lowest BCUT2D eigenvalue weighted by atomic mass is 9.94. The third-order valence-electron chi connectivity index (χ3n) is 4.01. The van der Waals surface area contributed by atoms with Crippen molar-refractivity contribution in [1.29, 1.82) is 0 Å². The summed E-state index contributed by atoms with van der Waals surface area (Å²) in [5.41, 5.74) is 3.71. The molecule has 1 aromatic carbocycles. The average molecular weight is 226 g/mol. The van der Waals surface area contributed by atoms with Gasteiger partial charge < -0.3 is 5.32 Å². The van der Waals surface area contributed by atoms with E-state index in [1.54, 1.807) is 0 Å². The molecule has 1 aromatic heterocycles. The van der Waals surface area contributed by atoms with Crippen molar-refractivity contribution in [1.82, 2.24) is 9.88 Å². The molecule has 1 atom stereocenters. The number of para-hydroxylation sites is 1. The lowest BCUT2D eigenvalue weighted by molar-refractivity contribution is 0.0874. The number of nitrogens with zero attached hydrogens (tertiary/aromatic N) is 1. The summed E-state index contributed by atoms with van der Waals surface area (Å²) < 4.78 is 1.95. The zero-order valence-electron chi connectivity index (χ0n) is 9.57. The highest BCUT2D eigenvalue weighted by Crippen LogP contribution is 2.37. The summed E-state index contributed by atoms with van der Waals surface area (Å²) in [6.07, 6.45) is 2.64. The van der Waals surface area contributed by atoms with Gasteiger partial charge in [-0.3, -0.25) is 9.36 Å². The van der Waals surface area contributed by atoms with Crippen molar-refractivity contribution in [2.45, 2.75) is 25.3 Å². The van der Waals surface area contributed by atoms with E-state index >= 15 is 0 Å². The van der Waals surface area contributed by atoms with E-state index in [9.17, 15) is 4.79 Å². The molecular formula is C14H14N2O. The van der Waals surface area contributed by atoms with E-state index in [0.29, 0.717) is 12.5 Å². The minimum absolute atomic E-state index is 0.252. The summed E-state index contributed by atoms with van der Waals surface area (Å²) in [5, 5.41) is 4.79. The summed E-state index contributed by atoms with van der Waals surface area (Å²) in [4.78, 5) is 12.1. The first-order valence-electron chi connectivity index (χ1n) is 6.25. The largest absolute Gasteiger partial charge is 0.308 e. The Balaban J connectivity index is 2.17. The SMILES string of the molecule is O=C1CCC2NCCc3c2n1c1ccccc31. The van der Waals surface area contributed by atoms with Gasteiger partial charge in [-0.15, -0.1) is 0 Å². The molecule has 1 N–H and O–H groups in total. The Morgan fingerprint density at radius 3 is 3.06 bits per heavy atom. The second-order valence-corrected chi connectivity index (χ2v) is 4.91. The molecule has 1 unspecified atom stereocenters. The number of rotatable bonds is 0. The first-order valence-corrected chi connectivity index (χ1v) is 6.25. The molecule has 2 aliphatic heterocycles. The molecule has 4 rings (SSSR count). The van der Waals surface area contributed by atoms with E-state index < -0.39 is 0 Å².